The van der Waals surface area contributed by atoms with Crippen LogP contribution in [0.15, 0.2) is 6.20 Å². The first kappa shape index (κ1) is 11.6. The molecule has 0 aliphatic rings. The summed E-state index contributed by atoms with van der Waals surface area (Å²) >= 11 is 0. The number of ketones is 1. The third-order valence-corrected chi connectivity index (χ3v) is 2.01. The number of carbonyl (C=O) groups is 1. The van der Waals surface area contributed by atoms with E-state index in [0.29, 0.717) is 6.92 Å². The first-order chi connectivity index (χ1) is 6.68. The van der Waals surface area contributed by atoms with Gasteiger partial charge in [0.05, 0.1) is 6.20 Å². The molecule has 15 heavy (non-hydrogen) atoms. The highest BCUT2D eigenvalue weighted by molar-refractivity contribution is 6.01. The van der Waals surface area contributed by atoms with E-state index in [4.69, 9.17) is 5.73 Å². The maximum Gasteiger partial charge on any atom is 0.413 e. The monoisotopic (exact) mass is 222 g/mol. The molecule has 0 aromatic carbocycles. The van der Waals surface area contributed by atoms with Crippen molar-refractivity contribution in [3.05, 3.63) is 11.9 Å². The van der Waals surface area contributed by atoms with Crippen molar-refractivity contribution in [3.63, 3.8) is 0 Å². The van der Waals surface area contributed by atoms with Gasteiger partial charge in [-0.25, -0.2) is 4.68 Å². The summed E-state index contributed by atoms with van der Waals surface area (Å²) in [4.78, 5) is 11.4. The largest absolute Gasteiger partial charge is 0.413 e. The highest BCUT2D eigenvalue weighted by Gasteiger charge is 2.54. The SMILES string of the molecule is Cn1nncc1C(=O)C(C)(N)C(F)(F)F. The van der Waals surface area contributed by atoms with Crippen molar-refractivity contribution in [2.75, 3.05) is 0 Å². The van der Waals surface area contributed by atoms with Gasteiger partial charge in [-0.2, -0.15) is 13.2 Å². The Labute approximate surface area is 83.0 Å². The van der Waals surface area contributed by atoms with Crippen molar-refractivity contribution in [1.82, 2.24) is 15.0 Å². The Morgan fingerprint density at radius 2 is 2.07 bits per heavy atom. The van der Waals surface area contributed by atoms with Gasteiger partial charge in [0.25, 0.3) is 0 Å². The molecule has 0 aliphatic carbocycles. The maximum atomic E-state index is 12.4. The van der Waals surface area contributed by atoms with Crippen LogP contribution in [-0.4, -0.2) is 32.5 Å². The van der Waals surface area contributed by atoms with Crippen LogP contribution in [0.1, 0.15) is 17.4 Å². The summed E-state index contributed by atoms with van der Waals surface area (Å²) in [6.07, 6.45) is -3.87. The number of aryl methyl sites for hydroxylation is 1. The Hall–Kier alpha value is -1.44. The van der Waals surface area contributed by atoms with Gasteiger partial charge in [0.15, 0.2) is 5.54 Å². The molecule has 0 aliphatic heterocycles. The van der Waals surface area contributed by atoms with E-state index in [1.165, 1.54) is 7.05 Å². The Morgan fingerprint density at radius 3 is 2.40 bits per heavy atom. The smallest absolute Gasteiger partial charge is 0.311 e. The zero-order valence-electron chi connectivity index (χ0n) is 8.04. The molecule has 1 aromatic rings. The van der Waals surface area contributed by atoms with E-state index in [-0.39, 0.29) is 5.69 Å². The molecule has 0 saturated heterocycles. The minimum absolute atomic E-state index is 0.280. The molecule has 0 saturated carbocycles. The number of nitrogens with zero attached hydrogens (tertiary/aromatic N) is 3. The third-order valence-electron chi connectivity index (χ3n) is 2.01. The Kier molecular flexibility index (Phi) is 2.56. The molecule has 2 N–H and O–H groups in total. The average Bonchev–Trinajstić information content (AvgIpc) is 2.48. The number of aromatic nitrogens is 3. The van der Waals surface area contributed by atoms with Crippen molar-refractivity contribution in [1.29, 1.82) is 0 Å². The van der Waals surface area contributed by atoms with Crippen molar-refractivity contribution in [3.8, 4) is 0 Å². The zero-order chi connectivity index (χ0) is 11.9. The lowest BCUT2D eigenvalue weighted by atomic mass is 9.95. The number of carbonyl (C=O) groups excluding carboxylic acids is 1. The first-order valence-electron chi connectivity index (χ1n) is 3.93. The number of hydrogen-bond donors (Lipinski definition) is 1. The van der Waals surface area contributed by atoms with Crippen LogP contribution in [0.3, 0.4) is 0 Å². The molecular formula is C7H9F3N4O. The fourth-order valence-corrected chi connectivity index (χ4v) is 0.890. The number of alkyl halides is 3. The molecule has 0 fully saturated rings. The lowest BCUT2D eigenvalue weighted by Gasteiger charge is -2.25. The maximum absolute atomic E-state index is 12.4. The van der Waals surface area contributed by atoms with Crippen LogP contribution in [-0.2, 0) is 7.05 Å². The van der Waals surface area contributed by atoms with Crippen LogP contribution in [0.2, 0.25) is 0 Å². The molecule has 0 bridgehead atoms. The molecule has 1 atom stereocenters. The highest BCUT2D eigenvalue weighted by Crippen LogP contribution is 2.30. The summed E-state index contributed by atoms with van der Waals surface area (Å²) < 4.78 is 38.2. The van der Waals surface area contributed by atoms with Crippen LogP contribution in [0.25, 0.3) is 0 Å². The Morgan fingerprint density at radius 1 is 1.53 bits per heavy atom. The third kappa shape index (κ3) is 1.84. The summed E-state index contributed by atoms with van der Waals surface area (Å²) in [6.45, 7) is 0.613. The summed E-state index contributed by atoms with van der Waals surface area (Å²) in [5, 5.41) is 6.66. The molecule has 1 aromatic heterocycles. The molecule has 1 rings (SSSR count). The summed E-state index contributed by atoms with van der Waals surface area (Å²) in [7, 11) is 1.31. The molecule has 5 nitrogen and oxygen atoms in total. The van der Waals surface area contributed by atoms with E-state index in [0.717, 1.165) is 10.9 Å². The van der Waals surface area contributed by atoms with Gasteiger partial charge in [-0.1, -0.05) is 5.21 Å². The second-order valence-corrected chi connectivity index (χ2v) is 3.27. The predicted molar refractivity (Wildman–Crippen MR) is 44.0 cm³/mol. The second kappa shape index (κ2) is 3.30. The van der Waals surface area contributed by atoms with Crippen molar-refractivity contribution < 1.29 is 18.0 Å². The number of hydrogen-bond acceptors (Lipinski definition) is 4. The number of Topliss-reactive ketones (excluding diaryl/α,β-unsaturated/α-hetero) is 1. The van der Waals surface area contributed by atoms with Crippen LogP contribution in [0.5, 0.6) is 0 Å². The molecular weight excluding hydrogens is 213 g/mol. The molecule has 1 unspecified atom stereocenters. The van der Waals surface area contributed by atoms with Gasteiger partial charge in [-0.3, -0.25) is 4.79 Å². The molecule has 84 valence electrons. The minimum atomic E-state index is -4.81. The van der Waals surface area contributed by atoms with Crippen molar-refractivity contribution in [2.45, 2.75) is 18.6 Å². The summed E-state index contributed by atoms with van der Waals surface area (Å²) in [5.41, 5.74) is 1.75. The van der Waals surface area contributed by atoms with Crippen molar-refractivity contribution in [2.24, 2.45) is 12.8 Å². The molecule has 0 amide bonds. The van der Waals surface area contributed by atoms with Crippen molar-refractivity contribution >= 4 is 5.78 Å². The van der Waals surface area contributed by atoms with E-state index in [2.05, 4.69) is 10.3 Å². The van der Waals surface area contributed by atoms with E-state index >= 15 is 0 Å². The highest BCUT2D eigenvalue weighted by atomic mass is 19.4. The summed E-state index contributed by atoms with van der Waals surface area (Å²) in [6, 6.07) is 0. The topological polar surface area (TPSA) is 73.8 Å². The van der Waals surface area contributed by atoms with E-state index < -0.39 is 17.5 Å². The van der Waals surface area contributed by atoms with E-state index in [9.17, 15) is 18.0 Å². The second-order valence-electron chi connectivity index (χ2n) is 3.27. The van der Waals surface area contributed by atoms with Crippen LogP contribution < -0.4 is 5.73 Å². The minimum Gasteiger partial charge on any atom is -0.311 e. The van der Waals surface area contributed by atoms with Gasteiger partial charge < -0.3 is 5.73 Å². The molecule has 8 heteroatoms. The molecule has 0 radical (unpaired) electrons. The van der Waals surface area contributed by atoms with Gasteiger partial charge in [0, 0.05) is 7.05 Å². The number of rotatable bonds is 2. The number of halogens is 3. The standard InChI is InChI=1S/C7H9F3N4O/c1-6(11,7(8,9)10)5(15)4-3-12-13-14(4)2/h3H,11H2,1-2H3. The molecule has 0 spiro atoms. The lowest BCUT2D eigenvalue weighted by Crippen LogP contribution is -2.57. The predicted octanol–water partition coefficient (Wildman–Crippen LogP) is 0.277. The van der Waals surface area contributed by atoms with E-state index in [1.807, 2.05) is 0 Å². The fraction of sp³-hybridized carbons (Fsp3) is 0.571. The van der Waals surface area contributed by atoms with Gasteiger partial charge >= 0.3 is 6.18 Å². The van der Waals surface area contributed by atoms with Crippen LogP contribution in [0.4, 0.5) is 13.2 Å². The lowest BCUT2D eigenvalue weighted by molar-refractivity contribution is -0.166. The molecule has 1 heterocycles. The Balaban J connectivity index is 3.11. The van der Waals surface area contributed by atoms with Crippen LogP contribution >= 0.6 is 0 Å². The average molecular weight is 222 g/mol. The normalized spacial score (nSPS) is 16.1. The quantitative estimate of drug-likeness (QED) is 0.729. The van der Waals surface area contributed by atoms with Crippen LogP contribution in [0, 0.1) is 0 Å². The Bertz CT molecular complexity index is 382. The van der Waals surface area contributed by atoms with Gasteiger partial charge in [-0.15, -0.1) is 5.10 Å². The van der Waals surface area contributed by atoms with Gasteiger partial charge in [-0.05, 0) is 6.92 Å². The first-order valence-corrected chi connectivity index (χ1v) is 3.93. The van der Waals surface area contributed by atoms with Gasteiger partial charge in [0.2, 0.25) is 5.78 Å². The van der Waals surface area contributed by atoms with E-state index in [1.54, 1.807) is 0 Å². The van der Waals surface area contributed by atoms with Gasteiger partial charge in [0.1, 0.15) is 5.69 Å². The summed E-state index contributed by atoms with van der Waals surface area (Å²) in [5.74, 6) is -1.26. The fourth-order valence-electron chi connectivity index (χ4n) is 0.890. The zero-order valence-corrected chi connectivity index (χ0v) is 8.04. The number of nitrogens with two attached hydrogens (primary N) is 1.